The molecule has 0 saturated heterocycles. The SMILES string of the molecule is CCC(c1ccc(C)cc1)N(CC)CC(C)C(=O)O. The van der Waals surface area contributed by atoms with Gasteiger partial charge in [-0.05, 0) is 25.5 Å². The van der Waals surface area contributed by atoms with Gasteiger partial charge in [0.05, 0.1) is 5.92 Å². The van der Waals surface area contributed by atoms with E-state index < -0.39 is 5.97 Å². The van der Waals surface area contributed by atoms with Gasteiger partial charge < -0.3 is 5.11 Å². The molecule has 1 rings (SSSR count). The highest BCUT2D eigenvalue weighted by Crippen LogP contribution is 2.25. The van der Waals surface area contributed by atoms with Crippen LogP contribution in [-0.2, 0) is 4.79 Å². The normalized spacial score (nSPS) is 14.4. The predicted octanol–water partition coefficient (Wildman–Crippen LogP) is 3.49. The van der Waals surface area contributed by atoms with Crippen LogP contribution in [0.5, 0.6) is 0 Å². The molecule has 0 aliphatic rings. The summed E-state index contributed by atoms with van der Waals surface area (Å²) in [6.07, 6.45) is 0.989. The summed E-state index contributed by atoms with van der Waals surface area (Å²) in [4.78, 5) is 13.3. The molecule has 0 saturated carbocycles. The van der Waals surface area contributed by atoms with Gasteiger partial charge in [0.1, 0.15) is 0 Å². The Morgan fingerprint density at radius 3 is 2.26 bits per heavy atom. The van der Waals surface area contributed by atoms with Crippen LogP contribution in [0.2, 0.25) is 0 Å². The van der Waals surface area contributed by atoms with Crippen LogP contribution in [0, 0.1) is 12.8 Å². The zero-order chi connectivity index (χ0) is 14.4. The molecule has 106 valence electrons. The highest BCUT2D eigenvalue weighted by atomic mass is 16.4. The summed E-state index contributed by atoms with van der Waals surface area (Å²) in [7, 11) is 0. The van der Waals surface area contributed by atoms with E-state index in [1.54, 1.807) is 6.92 Å². The largest absolute Gasteiger partial charge is 0.481 e. The second kappa shape index (κ2) is 7.29. The lowest BCUT2D eigenvalue weighted by atomic mass is 10.00. The highest BCUT2D eigenvalue weighted by molar-refractivity contribution is 5.69. The lowest BCUT2D eigenvalue weighted by Crippen LogP contribution is -2.34. The number of nitrogens with zero attached hydrogens (tertiary/aromatic N) is 1. The Morgan fingerprint density at radius 2 is 1.84 bits per heavy atom. The van der Waals surface area contributed by atoms with E-state index >= 15 is 0 Å². The van der Waals surface area contributed by atoms with E-state index in [1.165, 1.54) is 11.1 Å². The molecule has 2 atom stereocenters. The summed E-state index contributed by atoms with van der Waals surface area (Å²) in [6.45, 7) is 9.55. The van der Waals surface area contributed by atoms with Crippen LogP contribution in [-0.4, -0.2) is 29.1 Å². The van der Waals surface area contributed by atoms with Crippen LogP contribution < -0.4 is 0 Å². The van der Waals surface area contributed by atoms with E-state index in [2.05, 4.69) is 49.9 Å². The Morgan fingerprint density at radius 1 is 1.26 bits per heavy atom. The molecule has 1 aromatic rings. The van der Waals surface area contributed by atoms with Crippen molar-refractivity contribution in [2.75, 3.05) is 13.1 Å². The molecule has 0 radical (unpaired) electrons. The molecular formula is C16H25NO2. The van der Waals surface area contributed by atoms with E-state index in [4.69, 9.17) is 5.11 Å². The van der Waals surface area contributed by atoms with Crippen LogP contribution in [0.4, 0.5) is 0 Å². The van der Waals surface area contributed by atoms with Gasteiger partial charge in [-0.2, -0.15) is 0 Å². The zero-order valence-corrected chi connectivity index (χ0v) is 12.4. The molecule has 0 amide bonds. The number of hydrogen-bond acceptors (Lipinski definition) is 2. The van der Waals surface area contributed by atoms with E-state index in [-0.39, 0.29) is 5.92 Å². The minimum absolute atomic E-state index is 0.299. The van der Waals surface area contributed by atoms with Gasteiger partial charge in [-0.3, -0.25) is 9.69 Å². The van der Waals surface area contributed by atoms with Crippen LogP contribution in [0.15, 0.2) is 24.3 Å². The maximum absolute atomic E-state index is 11.0. The summed E-state index contributed by atoms with van der Waals surface area (Å²) in [5.41, 5.74) is 2.52. The number of rotatable bonds is 7. The van der Waals surface area contributed by atoms with Gasteiger partial charge in [0.15, 0.2) is 0 Å². The van der Waals surface area contributed by atoms with Crippen molar-refractivity contribution < 1.29 is 9.90 Å². The summed E-state index contributed by atoms with van der Waals surface area (Å²) in [6, 6.07) is 8.83. The number of carboxylic acids is 1. The minimum atomic E-state index is -0.725. The summed E-state index contributed by atoms with van der Waals surface area (Å²) in [5.74, 6) is -1.06. The molecule has 19 heavy (non-hydrogen) atoms. The minimum Gasteiger partial charge on any atom is -0.481 e. The number of carbonyl (C=O) groups is 1. The fraction of sp³-hybridized carbons (Fsp3) is 0.562. The Labute approximate surface area is 116 Å². The Hall–Kier alpha value is -1.35. The first-order valence-electron chi connectivity index (χ1n) is 7.03. The molecule has 0 fully saturated rings. The van der Waals surface area contributed by atoms with Crippen LogP contribution in [0.3, 0.4) is 0 Å². The van der Waals surface area contributed by atoms with Crippen molar-refractivity contribution in [1.29, 1.82) is 0 Å². The summed E-state index contributed by atoms with van der Waals surface area (Å²) < 4.78 is 0. The molecule has 3 nitrogen and oxygen atoms in total. The van der Waals surface area contributed by atoms with Gasteiger partial charge in [-0.25, -0.2) is 0 Å². The molecule has 0 heterocycles. The average Bonchev–Trinajstić information content (AvgIpc) is 2.40. The van der Waals surface area contributed by atoms with E-state index in [0.717, 1.165) is 13.0 Å². The second-order valence-corrected chi connectivity index (χ2v) is 5.16. The van der Waals surface area contributed by atoms with Gasteiger partial charge in [0, 0.05) is 12.6 Å². The molecular weight excluding hydrogens is 238 g/mol. The topological polar surface area (TPSA) is 40.5 Å². The third-order valence-corrected chi connectivity index (χ3v) is 3.63. The van der Waals surface area contributed by atoms with Gasteiger partial charge in [0.25, 0.3) is 0 Å². The van der Waals surface area contributed by atoms with Crippen molar-refractivity contribution in [2.24, 2.45) is 5.92 Å². The van der Waals surface area contributed by atoms with Gasteiger partial charge in [0.2, 0.25) is 0 Å². The first kappa shape index (κ1) is 15.7. The Kier molecular flexibility index (Phi) is 6.03. The van der Waals surface area contributed by atoms with Gasteiger partial charge in [-0.1, -0.05) is 50.6 Å². The summed E-state index contributed by atoms with van der Waals surface area (Å²) >= 11 is 0. The molecule has 0 aliphatic carbocycles. The third-order valence-electron chi connectivity index (χ3n) is 3.63. The smallest absolute Gasteiger partial charge is 0.307 e. The second-order valence-electron chi connectivity index (χ2n) is 5.16. The van der Waals surface area contributed by atoms with Crippen molar-refractivity contribution in [3.8, 4) is 0 Å². The standard InChI is InChI=1S/C16H25NO2/c1-5-15(14-9-7-12(3)8-10-14)17(6-2)11-13(4)16(18)19/h7-10,13,15H,5-6,11H2,1-4H3,(H,18,19). The fourth-order valence-electron chi connectivity index (χ4n) is 2.40. The van der Waals surface area contributed by atoms with Crippen molar-refractivity contribution in [1.82, 2.24) is 4.90 Å². The van der Waals surface area contributed by atoms with Crippen molar-refractivity contribution in [3.05, 3.63) is 35.4 Å². The number of hydrogen-bond donors (Lipinski definition) is 1. The molecule has 1 N–H and O–H groups in total. The molecule has 3 heteroatoms. The van der Waals surface area contributed by atoms with E-state index in [9.17, 15) is 4.79 Å². The van der Waals surface area contributed by atoms with Crippen molar-refractivity contribution in [3.63, 3.8) is 0 Å². The first-order valence-corrected chi connectivity index (χ1v) is 7.03. The van der Waals surface area contributed by atoms with Crippen molar-refractivity contribution >= 4 is 5.97 Å². The monoisotopic (exact) mass is 263 g/mol. The average molecular weight is 263 g/mol. The quantitative estimate of drug-likeness (QED) is 0.818. The maximum Gasteiger partial charge on any atom is 0.307 e. The first-order chi connectivity index (χ1) is 8.99. The maximum atomic E-state index is 11.0. The highest BCUT2D eigenvalue weighted by Gasteiger charge is 2.22. The molecule has 0 bridgehead atoms. The molecule has 0 aromatic heterocycles. The van der Waals surface area contributed by atoms with Crippen LogP contribution in [0.1, 0.15) is 44.4 Å². The molecule has 0 aliphatic heterocycles. The number of benzene rings is 1. The van der Waals surface area contributed by atoms with Gasteiger partial charge in [-0.15, -0.1) is 0 Å². The Balaban J connectivity index is 2.86. The number of aryl methyl sites for hydroxylation is 1. The fourth-order valence-corrected chi connectivity index (χ4v) is 2.40. The lowest BCUT2D eigenvalue weighted by molar-refractivity contribution is -0.141. The van der Waals surface area contributed by atoms with E-state index in [0.29, 0.717) is 12.6 Å². The van der Waals surface area contributed by atoms with Crippen LogP contribution in [0.25, 0.3) is 0 Å². The molecule has 1 aromatic carbocycles. The van der Waals surface area contributed by atoms with E-state index in [1.807, 2.05) is 0 Å². The lowest BCUT2D eigenvalue weighted by Gasteiger charge is -2.31. The molecule has 0 spiro atoms. The third kappa shape index (κ3) is 4.35. The predicted molar refractivity (Wildman–Crippen MR) is 78.3 cm³/mol. The Bertz CT molecular complexity index is 400. The van der Waals surface area contributed by atoms with Gasteiger partial charge >= 0.3 is 5.97 Å². The van der Waals surface area contributed by atoms with Crippen molar-refractivity contribution in [2.45, 2.75) is 40.2 Å². The number of carboxylic acid groups (broad SMARTS) is 1. The number of aliphatic carboxylic acids is 1. The zero-order valence-electron chi connectivity index (χ0n) is 12.4. The van der Waals surface area contributed by atoms with Crippen LogP contribution >= 0.6 is 0 Å². The molecule has 2 unspecified atom stereocenters. The summed E-state index contributed by atoms with van der Waals surface area (Å²) in [5, 5.41) is 9.06.